The van der Waals surface area contributed by atoms with E-state index in [1.807, 2.05) is 0 Å². The van der Waals surface area contributed by atoms with Gasteiger partial charge in [0.2, 0.25) is 0 Å². The minimum Gasteiger partial charge on any atom is -0.482 e. The molecular formula is C22H14Cl2N2O4. The number of halogens is 2. The summed E-state index contributed by atoms with van der Waals surface area (Å²) >= 11 is 11.9. The molecule has 0 saturated heterocycles. The minimum absolute atomic E-state index is 0.143. The Morgan fingerprint density at radius 3 is 2.43 bits per heavy atom. The maximum absolute atomic E-state index is 13.0. The summed E-state index contributed by atoms with van der Waals surface area (Å²) in [4.78, 5) is 39.2. The zero-order chi connectivity index (χ0) is 21.3. The quantitative estimate of drug-likeness (QED) is 0.577. The predicted octanol–water partition coefficient (Wildman–Crippen LogP) is 4.81. The van der Waals surface area contributed by atoms with E-state index in [1.165, 1.54) is 6.07 Å². The number of imide groups is 1. The zero-order valence-corrected chi connectivity index (χ0v) is 16.9. The number of ether oxygens (including phenoxy) is 1. The number of hydrogen-bond donors (Lipinski definition) is 1. The molecule has 0 spiro atoms. The van der Waals surface area contributed by atoms with E-state index >= 15 is 0 Å². The first-order valence-corrected chi connectivity index (χ1v) is 9.66. The average molecular weight is 441 g/mol. The van der Waals surface area contributed by atoms with Gasteiger partial charge in [0.05, 0.1) is 27.5 Å². The van der Waals surface area contributed by atoms with Crippen molar-refractivity contribution in [1.82, 2.24) is 0 Å². The Balaban J connectivity index is 1.53. The van der Waals surface area contributed by atoms with Crippen molar-refractivity contribution in [3.05, 3.63) is 87.9 Å². The van der Waals surface area contributed by atoms with Crippen LogP contribution in [0.2, 0.25) is 10.0 Å². The summed E-state index contributed by atoms with van der Waals surface area (Å²) in [6, 6.07) is 18.0. The van der Waals surface area contributed by atoms with Gasteiger partial charge in [-0.3, -0.25) is 14.4 Å². The van der Waals surface area contributed by atoms with Gasteiger partial charge in [0.1, 0.15) is 5.75 Å². The van der Waals surface area contributed by atoms with Crippen LogP contribution in [0.4, 0.5) is 11.4 Å². The monoisotopic (exact) mass is 440 g/mol. The van der Waals surface area contributed by atoms with Gasteiger partial charge in [-0.1, -0.05) is 47.5 Å². The molecule has 3 aromatic rings. The normalized spacial score (nSPS) is 12.7. The highest BCUT2D eigenvalue weighted by Gasteiger charge is 2.38. The van der Waals surface area contributed by atoms with Crippen molar-refractivity contribution in [1.29, 1.82) is 0 Å². The number of carbonyl (C=O) groups excluding carboxylic acids is 3. The van der Waals surface area contributed by atoms with Gasteiger partial charge >= 0.3 is 0 Å². The first-order valence-electron chi connectivity index (χ1n) is 8.90. The van der Waals surface area contributed by atoms with Gasteiger partial charge < -0.3 is 10.1 Å². The Kier molecular flexibility index (Phi) is 5.44. The lowest BCUT2D eigenvalue weighted by atomic mass is 10.1. The van der Waals surface area contributed by atoms with Crippen molar-refractivity contribution < 1.29 is 19.1 Å². The van der Waals surface area contributed by atoms with Crippen LogP contribution in [0.1, 0.15) is 20.7 Å². The Morgan fingerprint density at radius 1 is 0.933 bits per heavy atom. The van der Waals surface area contributed by atoms with E-state index in [1.54, 1.807) is 60.7 Å². The molecule has 0 bridgehead atoms. The molecule has 0 aliphatic carbocycles. The van der Waals surface area contributed by atoms with Gasteiger partial charge in [0.25, 0.3) is 17.7 Å². The number of amides is 3. The molecule has 6 nitrogen and oxygen atoms in total. The van der Waals surface area contributed by atoms with Gasteiger partial charge in [-0.2, -0.15) is 0 Å². The molecule has 0 fully saturated rings. The molecule has 0 atom stereocenters. The highest BCUT2D eigenvalue weighted by molar-refractivity contribution is 6.36. The maximum Gasteiger partial charge on any atom is 0.268 e. The van der Waals surface area contributed by atoms with Gasteiger partial charge in [-0.15, -0.1) is 0 Å². The van der Waals surface area contributed by atoms with Crippen molar-refractivity contribution in [2.45, 2.75) is 0 Å². The SMILES string of the molecule is O=C(COc1ccc(Cl)cc1Cl)Nc1cccc2c1C(=O)N(c1ccccc1)C2=O. The molecule has 3 amide bonds. The van der Waals surface area contributed by atoms with Crippen LogP contribution in [0.15, 0.2) is 66.7 Å². The van der Waals surface area contributed by atoms with Gasteiger partial charge in [-0.25, -0.2) is 4.90 Å². The number of benzene rings is 3. The van der Waals surface area contributed by atoms with Gasteiger partial charge in [0.15, 0.2) is 6.61 Å². The van der Waals surface area contributed by atoms with E-state index < -0.39 is 17.7 Å². The van der Waals surface area contributed by atoms with E-state index in [4.69, 9.17) is 27.9 Å². The van der Waals surface area contributed by atoms with E-state index in [0.717, 1.165) is 4.90 Å². The summed E-state index contributed by atoms with van der Waals surface area (Å²) in [6.07, 6.45) is 0. The number of fused-ring (bicyclic) bond motifs is 1. The number of rotatable bonds is 5. The molecule has 1 aliphatic rings. The fourth-order valence-electron chi connectivity index (χ4n) is 3.12. The first-order chi connectivity index (χ1) is 14.5. The molecular weight excluding hydrogens is 427 g/mol. The van der Waals surface area contributed by atoms with Crippen LogP contribution >= 0.6 is 23.2 Å². The fourth-order valence-corrected chi connectivity index (χ4v) is 3.59. The third kappa shape index (κ3) is 3.75. The molecule has 1 heterocycles. The van der Waals surface area contributed by atoms with Gasteiger partial charge in [-0.05, 0) is 42.5 Å². The standard InChI is InChI=1S/C22H14Cl2N2O4/c23-13-9-10-18(16(24)11-13)30-12-19(27)25-17-8-4-7-15-20(17)22(29)26(21(15)28)14-5-2-1-3-6-14/h1-11H,12H2,(H,25,27). The third-order valence-corrected chi connectivity index (χ3v) is 4.99. The second-order valence-electron chi connectivity index (χ2n) is 6.42. The number of anilines is 2. The van der Waals surface area contributed by atoms with Crippen LogP contribution in [-0.4, -0.2) is 24.3 Å². The Hall–Kier alpha value is -3.35. The van der Waals surface area contributed by atoms with Crippen molar-refractivity contribution in [3.8, 4) is 5.75 Å². The number of carbonyl (C=O) groups is 3. The van der Waals surface area contributed by atoms with Crippen LogP contribution in [-0.2, 0) is 4.79 Å². The summed E-state index contributed by atoms with van der Waals surface area (Å²) in [5.41, 5.74) is 1.06. The third-order valence-electron chi connectivity index (χ3n) is 4.46. The maximum atomic E-state index is 13.0. The highest BCUT2D eigenvalue weighted by atomic mass is 35.5. The molecule has 0 aromatic heterocycles. The fraction of sp³-hybridized carbons (Fsp3) is 0.0455. The molecule has 8 heteroatoms. The molecule has 0 saturated carbocycles. The number of nitrogens with one attached hydrogen (secondary N) is 1. The lowest BCUT2D eigenvalue weighted by molar-refractivity contribution is -0.118. The van der Waals surface area contributed by atoms with E-state index in [-0.39, 0.29) is 28.4 Å². The van der Waals surface area contributed by atoms with Gasteiger partial charge in [0, 0.05) is 5.02 Å². The molecule has 4 rings (SSSR count). The molecule has 0 radical (unpaired) electrons. The van der Waals surface area contributed by atoms with Crippen molar-refractivity contribution >= 4 is 52.3 Å². The highest BCUT2D eigenvalue weighted by Crippen LogP contribution is 2.33. The van der Waals surface area contributed by atoms with Crippen molar-refractivity contribution in [3.63, 3.8) is 0 Å². The summed E-state index contributed by atoms with van der Waals surface area (Å²) in [5, 5.41) is 3.35. The predicted molar refractivity (Wildman–Crippen MR) is 115 cm³/mol. The lowest BCUT2D eigenvalue weighted by Gasteiger charge is -2.14. The summed E-state index contributed by atoms with van der Waals surface area (Å²) < 4.78 is 5.42. The second kappa shape index (κ2) is 8.18. The van der Waals surface area contributed by atoms with E-state index in [0.29, 0.717) is 16.5 Å². The largest absolute Gasteiger partial charge is 0.482 e. The second-order valence-corrected chi connectivity index (χ2v) is 7.26. The molecule has 0 unspecified atom stereocenters. The number of nitrogens with zero attached hydrogens (tertiary/aromatic N) is 1. The number of hydrogen-bond acceptors (Lipinski definition) is 4. The van der Waals surface area contributed by atoms with Crippen molar-refractivity contribution in [2.24, 2.45) is 0 Å². The average Bonchev–Trinajstić information content (AvgIpc) is 2.99. The molecule has 150 valence electrons. The Morgan fingerprint density at radius 2 is 1.70 bits per heavy atom. The van der Waals surface area contributed by atoms with Crippen LogP contribution < -0.4 is 15.0 Å². The summed E-state index contributed by atoms with van der Waals surface area (Å²) in [7, 11) is 0. The molecule has 1 N–H and O–H groups in total. The smallest absolute Gasteiger partial charge is 0.268 e. The Bertz CT molecular complexity index is 1170. The topological polar surface area (TPSA) is 75.7 Å². The van der Waals surface area contributed by atoms with Crippen LogP contribution in [0, 0.1) is 0 Å². The minimum atomic E-state index is -0.507. The zero-order valence-electron chi connectivity index (χ0n) is 15.4. The number of para-hydroxylation sites is 1. The van der Waals surface area contributed by atoms with Crippen LogP contribution in [0.3, 0.4) is 0 Å². The van der Waals surface area contributed by atoms with Crippen LogP contribution in [0.5, 0.6) is 5.75 Å². The molecule has 3 aromatic carbocycles. The van der Waals surface area contributed by atoms with E-state index in [2.05, 4.69) is 5.32 Å². The first kappa shape index (κ1) is 19.9. The lowest BCUT2D eigenvalue weighted by Crippen LogP contribution is -2.29. The molecule has 1 aliphatic heterocycles. The Labute approximate surface area is 182 Å². The molecule has 30 heavy (non-hydrogen) atoms. The van der Waals surface area contributed by atoms with E-state index in [9.17, 15) is 14.4 Å². The van der Waals surface area contributed by atoms with Crippen molar-refractivity contribution in [2.75, 3.05) is 16.8 Å². The van der Waals surface area contributed by atoms with Crippen LogP contribution in [0.25, 0.3) is 0 Å². The summed E-state index contributed by atoms with van der Waals surface area (Å²) in [6.45, 7) is -0.338. The summed E-state index contributed by atoms with van der Waals surface area (Å²) in [5.74, 6) is -1.15.